The zero-order valence-corrected chi connectivity index (χ0v) is 17.1. The first-order chi connectivity index (χ1) is 13.9. The van der Waals surface area contributed by atoms with Crippen LogP contribution in [0.3, 0.4) is 0 Å². The van der Waals surface area contributed by atoms with Gasteiger partial charge in [-0.05, 0) is 30.9 Å². The van der Waals surface area contributed by atoms with Crippen molar-refractivity contribution in [3.63, 3.8) is 0 Å². The van der Waals surface area contributed by atoms with Crippen LogP contribution in [0.2, 0.25) is 0 Å². The fraction of sp³-hybridized carbons (Fsp3) is 0.500. The first-order valence-electron chi connectivity index (χ1n) is 10.0. The summed E-state index contributed by atoms with van der Waals surface area (Å²) < 4.78 is 22.9. The van der Waals surface area contributed by atoms with Crippen LogP contribution in [0.1, 0.15) is 30.5 Å². The molecule has 3 amide bonds. The van der Waals surface area contributed by atoms with E-state index in [-0.39, 0.29) is 35.9 Å². The van der Waals surface area contributed by atoms with Crippen LogP contribution in [0.4, 0.5) is 4.79 Å². The number of fused-ring (bicyclic) bond motifs is 3. The quantitative estimate of drug-likeness (QED) is 0.636. The Balaban J connectivity index is 1.20. The first-order valence-corrected chi connectivity index (χ1v) is 11.8. The molecule has 1 atom stereocenters. The molecule has 3 heterocycles. The van der Waals surface area contributed by atoms with Gasteiger partial charge in [0, 0.05) is 42.1 Å². The third-order valence-corrected chi connectivity index (χ3v) is 7.39. The van der Waals surface area contributed by atoms with Crippen molar-refractivity contribution in [3.05, 3.63) is 35.5 Å². The number of benzene rings is 1. The third-order valence-electron chi connectivity index (χ3n) is 5.62. The van der Waals surface area contributed by atoms with Gasteiger partial charge in [-0.1, -0.05) is 18.2 Å². The van der Waals surface area contributed by atoms with Crippen LogP contribution >= 0.6 is 0 Å². The lowest BCUT2D eigenvalue weighted by Crippen LogP contribution is -2.43. The van der Waals surface area contributed by atoms with Gasteiger partial charge >= 0.3 is 6.03 Å². The maximum Gasteiger partial charge on any atom is 0.317 e. The molecular formula is C20H26N4O4S. The molecule has 1 aromatic carbocycles. The summed E-state index contributed by atoms with van der Waals surface area (Å²) in [6, 6.07) is 7.77. The second kappa shape index (κ2) is 8.06. The highest BCUT2D eigenvalue weighted by Crippen LogP contribution is 2.27. The van der Waals surface area contributed by atoms with E-state index in [1.165, 1.54) is 10.9 Å². The lowest BCUT2D eigenvalue weighted by atomic mass is 10.0. The van der Waals surface area contributed by atoms with Crippen LogP contribution in [0, 0.1) is 0 Å². The number of nitrogens with zero attached hydrogens (tertiary/aromatic N) is 1. The third kappa shape index (κ3) is 4.55. The number of rotatable bonds is 5. The largest absolute Gasteiger partial charge is 0.357 e. The monoisotopic (exact) mass is 418 g/mol. The van der Waals surface area contributed by atoms with Crippen molar-refractivity contribution < 1.29 is 18.0 Å². The number of amides is 3. The summed E-state index contributed by atoms with van der Waals surface area (Å²) in [6.07, 6.45) is 2.08. The second-order valence-electron chi connectivity index (χ2n) is 7.80. The molecular weight excluding hydrogens is 392 g/mol. The van der Waals surface area contributed by atoms with Gasteiger partial charge in [0.2, 0.25) is 5.91 Å². The van der Waals surface area contributed by atoms with Crippen molar-refractivity contribution >= 4 is 32.7 Å². The minimum atomic E-state index is -3.00. The summed E-state index contributed by atoms with van der Waals surface area (Å²) in [4.78, 5) is 29.6. The number of carbonyl (C=O) groups is 2. The van der Waals surface area contributed by atoms with Gasteiger partial charge in [0.25, 0.3) is 0 Å². The van der Waals surface area contributed by atoms with E-state index in [2.05, 4.69) is 21.7 Å². The molecule has 9 heteroatoms. The maximum atomic E-state index is 12.5. The van der Waals surface area contributed by atoms with Crippen molar-refractivity contribution in [2.24, 2.45) is 0 Å². The standard InChI is InChI=1S/C20H26N4O4S/c25-19(22-14-8-11-29(27,28)13-14)6-3-9-21-20(26)24-10-7-16-15-4-1-2-5-17(15)23-18(16)12-24/h1-2,4-5,14,23H,3,6-13H2,(H,21,26)(H,22,25)/t14-/m1/s1. The summed E-state index contributed by atoms with van der Waals surface area (Å²) in [5.74, 6) is 0.00398. The molecule has 2 aliphatic heterocycles. The highest BCUT2D eigenvalue weighted by Gasteiger charge is 2.28. The van der Waals surface area contributed by atoms with Crippen molar-refractivity contribution in [3.8, 4) is 0 Å². The molecule has 29 heavy (non-hydrogen) atoms. The minimum absolute atomic E-state index is 0.0280. The summed E-state index contributed by atoms with van der Waals surface area (Å²) in [6.45, 7) is 1.62. The molecule has 0 saturated carbocycles. The predicted molar refractivity (Wildman–Crippen MR) is 110 cm³/mol. The van der Waals surface area contributed by atoms with Crippen molar-refractivity contribution in [1.82, 2.24) is 20.5 Å². The predicted octanol–water partition coefficient (Wildman–Crippen LogP) is 1.32. The second-order valence-corrected chi connectivity index (χ2v) is 10.0. The maximum absolute atomic E-state index is 12.5. The van der Waals surface area contributed by atoms with Gasteiger partial charge in [0.1, 0.15) is 0 Å². The molecule has 1 aromatic heterocycles. The van der Waals surface area contributed by atoms with E-state index >= 15 is 0 Å². The number of urea groups is 1. The average molecular weight is 419 g/mol. The molecule has 1 fully saturated rings. The summed E-state index contributed by atoms with van der Waals surface area (Å²) in [5, 5.41) is 6.87. The van der Waals surface area contributed by atoms with Crippen molar-refractivity contribution in [2.75, 3.05) is 24.6 Å². The van der Waals surface area contributed by atoms with Gasteiger partial charge in [-0.25, -0.2) is 13.2 Å². The van der Waals surface area contributed by atoms with Gasteiger partial charge < -0.3 is 20.5 Å². The lowest BCUT2D eigenvalue weighted by Gasteiger charge is -2.27. The Labute approximate surface area is 169 Å². The average Bonchev–Trinajstić information content (AvgIpc) is 3.23. The summed E-state index contributed by atoms with van der Waals surface area (Å²) in [7, 11) is -3.00. The molecule has 156 valence electrons. The number of hydrogen-bond acceptors (Lipinski definition) is 4. The molecule has 4 rings (SSSR count). The SMILES string of the molecule is O=C(CCCNC(=O)N1CCc2c([nH]c3ccccc23)C1)N[C@@H]1CCS(=O)(=O)C1. The Bertz CT molecular complexity index is 1030. The zero-order valence-electron chi connectivity index (χ0n) is 16.2. The van der Waals surface area contributed by atoms with Gasteiger partial charge in [-0.2, -0.15) is 0 Å². The number of aromatic nitrogens is 1. The highest BCUT2D eigenvalue weighted by molar-refractivity contribution is 7.91. The Hall–Kier alpha value is -2.55. The molecule has 0 bridgehead atoms. The van der Waals surface area contributed by atoms with E-state index in [1.54, 1.807) is 4.90 Å². The Morgan fingerprint density at radius 2 is 2.07 bits per heavy atom. The van der Waals surface area contributed by atoms with Gasteiger partial charge in [0.15, 0.2) is 9.84 Å². The number of sulfone groups is 1. The molecule has 3 N–H and O–H groups in total. The molecule has 0 radical (unpaired) electrons. The summed E-state index contributed by atoms with van der Waals surface area (Å²) >= 11 is 0. The van der Waals surface area contributed by atoms with E-state index in [0.717, 1.165) is 17.6 Å². The lowest BCUT2D eigenvalue weighted by molar-refractivity contribution is -0.121. The van der Waals surface area contributed by atoms with E-state index in [1.807, 2.05) is 18.2 Å². The topological polar surface area (TPSA) is 111 Å². The van der Waals surface area contributed by atoms with E-state index < -0.39 is 9.84 Å². The van der Waals surface area contributed by atoms with E-state index in [0.29, 0.717) is 32.5 Å². The molecule has 1 saturated heterocycles. The van der Waals surface area contributed by atoms with E-state index in [9.17, 15) is 18.0 Å². The number of hydrogen-bond donors (Lipinski definition) is 3. The molecule has 8 nitrogen and oxygen atoms in total. The number of nitrogens with one attached hydrogen (secondary N) is 3. The van der Waals surface area contributed by atoms with Crippen molar-refractivity contribution in [1.29, 1.82) is 0 Å². The Morgan fingerprint density at radius 3 is 2.86 bits per heavy atom. The Morgan fingerprint density at radius 1 is 1.24 bits per heavy atom. The van der Waals surface area contributed by atoms with Crippen LogP contribution in [0.25, 0.3) is 10.9 Å². The van der Waals surface area contributed by atoms with Crippen molar-refractivity contribution in [2.45, 2.75) is 38.3 Å². The van der Waals surface area contributed by atoms with Crippen LogP contribution in [0.15, 0.2) is 24.3 Å². The summed E-state index contributed by atoms with van der Waals surface area (Å²) in [5.41, 5.74) is 3.47. The zero-order chi connectivity index (χ0) is 20.4. The molecule has 0 aliphatic carbocycles. The Kier molecular flexibility index (Phi) is 5.49. The normalized spacial score (nSPS) is 20.4. The molecule has 0 unspecified atom stereocenters. The number of carbonyl (C=O) groups excluding carboxylic acids is 2. The van der Waals surface area contributed by atoms with Crippen LogP contribution in [-0.4, -0.2) is 60.9 Å². The van der Waals surface area contributed by atoms with Gasteiger partial charge in [-0.15, -0.1) is 0 Å². The fourth-order valence-electron chi connectivity index (χ4n) is 4.13. The van der Waals surface area contributed by atoms with Crippen LogP contribution < -0.4 is 10.6 Å². The van der Waals surface area contributed by atoms with Gasteiger partial charge in [0.05, 0.1) is 18.1 Å². The van der Waals surface area contributed by atoms with Gasteiger partial charge in [-0.3, -0.25) is 4.79 Å². The number of aromatic amines is 1. The number of para-hydroxylation sites is 1. The smallest absolute Gasteiger partial charge is 0.317 e. The minimum Gasteiger partial charge on any atom is -0.357 e. The van der Waals surface area contributed by atoms with Crippen LogP contribution in [-0.2, 0) is 27.6 Å². The highest BCUT2D eigenvalue weighted by atomic mass is 32.2. The molecule has 2 aromatic rings. The first kappa shape index (κ1) is 19.8. The molecule has 2 aliphatic rings. The number of H-pyrrole nitrogens is 1. The fourth-order valence-corrected chi connectivity index (χ4v) is 5.80. The molecule has 0 spiro atoms. The van der Waals surface area contributed by atoms with Crippen LogP contribution in [0.5, 0.6) is 0 Å². The van der Waals surface area contributed by atoms with E-state index in [4.69, 9.17) is 0 Å².